The third kappa shape index (κ3) is 3.95. The molecule has 1 aliphatic rings. The number of rotatable bonds is 6. The summed E-state index contributed by atoms with van der Waals surface area (Å²) in [6.07, 6.45) is 6.56. The van der Waals surface area contributed by atoms with Gasteiger partial charge in [-0.05, 0) is 45.8 Å². The maximum Gasteiger partial charge on any atom is 0.0774 e. The number of unbranched alkanes of at least 4 members (excludes halogenated alkanes) is 1. The number of nitrogens with two attached hydrogens (primary N) is 1. The van der Waals surface area contributed by atoms with Crippen LogP contribution in [0.1, 0.15) is 38.5 Å². The average molecular weight is 200 g/mol. The Kier molecular flexibility index (Phi) is 4.85. The van der Waals surface area contributed by atoms with E-state index in [0.717, 1.165) is 45.3 Å². The number of hydrogen-bond donors (Lipinski definition) is 2. The Labute approximate surface area is 87.3 Å². The molecule has 0 aromatic heterocycles. The largest absolute Gasteiger partial charge is 0.389 e. The molecular formula is C11H24N2O. The molecule has 0 atom stereocenters. The first kappa shape index (κ1) is 12.0. The molecule has 0 saturated heterocycles. The van der Waals surface area contributed by atoms with Gasteiger partial charge in [-0.2, -0.15) is 0 Å². The zero-order valence-electron chi connectivity index (χ0n) is 9.34. The van der Waals surface area contributed by atoms with E-state index in [1.165, 1.54) is 12.8 Å². The Morgan fingerprint density at radius 2 is 1.93 bits per heavy atom. The van der Waals surface area contributed by atoms with Crippen molar-refractivity contribution in [1.29, 1.82) is 0 Å². The normalized spacial score (nSPS) is 20.6. The summed E-state index contributed by atoms with van der Waals surface area (Å²) in [7, 11) is 2.09. The summed E-state index contributed by atoms with van der Waals surface area (Å²) in [5.41, 5.74) is 5.05. The summed E-state index contributed by atoms with van der Waals surface area (Å²) >= 11 is 0. The van der Waals surface area contributed by atoms with Gasteiger partial charge < -0.3 is 15.7 Å². The topological polar surface area (TPSA) is 49.5 Å². The van der Waals surface area contributed by atoms with Crippen LogP contribution >= 0.6 is 0 Å². The molecule has 0 aromatic rings. The molecule has 1 saturated carbocycles. The first-order chi connectivity index (χ1) is 6.66. The van der Waals surface area contributed by atoms with Crippen LogP contribution in [-0.4, -0.2) is 42.3 Å². The van der Waals surface area contributed by atoms with Crippen molar-refractivity contribution in [3.05, 3.63) is 0 Å². The van der Waals surface area contributed by atoms with Crippen LogP contribution in [0, 0.1) is 0 Å². The Morgan fingerprint density at radius 1 is 1.29 bits per heavy atom. The van der Waals surface area contributed by atoms with Crippen molar-refractivity contribution in [1.82, 2.24) is 4.90 Å². The van der Waals surface area contributed by atoms with Crippen molar-refractivity contribution in [2.45, 2.75) is 44.1 Å². The van der Waals surface area contributed by atoms with Crippen molar-refractivity contribution in [3.63, 3.8) is 0 Å². The van der Waals surface area contributed by atoms with E-state index in [-0.39, 0.29) is 0 Å². The van der Waals surface area contributed by atoms with E-state index in [1.807, 2.05) is 0 Å². The molecule has 1 fully saturated rings. The van der Waals surface area contributed by atoms with Gasteiger partial charge in [-0.15, -0.1) is 0 Å². The van der Waals surface area contributed by atoms with Gasteiger partial charge >= 0.3 is 0 Å². The molecule has 0 radical (unpaired) electrons. The molecule has 1 rings (SSSR count). The predicted octanol–water partition coefficient (Wildman–Crippen LogP) is 0.962. The van der Waals surface area contributed by atoms with Gasteiger partial charge in [-0.3, -0.25) is 0 Å². The van der Waals surface area contributed by atoms with Gasteiger partial charge in [0.25, 0.3) is 0 Å². The molecule has 0 aliphatic heterocycles. The smallest absolute Gasteiger partial charge is 0.0774 e. The van der Waals surface area contributed by atoms with Gasteiger partial charge in [-0.25, -0.2) is 0 Å². The van der Waals surface area contributed by atoms with Crippen LogP contribution in [0.4, 0.5) is 0 Å². The van der Waals surface area contributed by atoms with E-state index in [2.05, 4.69) is 11.9 Å². The van der Waals surface area contributed by atoms with Gasteiger partial charge in [0.15, 0.2) is 0 Å². The molecule has 0 heterocycles. The predicted molar refractivity (Wildman–Crippen MR) is 59.2 cm³/mol. The van der Waals surface area contributed by atoms with Gasteiger partial charge in [0.1, 0.15) is 0 Å². The van der Waals surface area contributed by atoms with Crippen molar-refractivity contribution >= 4 is 0 Å². The molecule has 0 aromatic carbocycles. The first-order valence-electron chi connectivity index (χ1n) is 5.77. The van der Waals surface area contributed by atoms with E-state index < -0.39 is 5.60 Å². The monoisotopic (exact) mass is 200 g/mol. The zero-order valence-corrected chi connectivity index (χ0v) is 9.34. The molecule has 0 unspecified atom stereocenters. The first-order valence-corrected chi connectivity index (χ1v) is 5.77. The Hall–Kier alpha value is -0.120. The highest BCUT2D eigenvalue weighted by Crippen LogP contribution is 2.29. The summed E-state index contributed by atoms with van der Waals surface area (Å²) in [5.74, 6) is 0. The van der Waals surface area contributed by atoms with E-state index in [0.29, 0.717) is 0 Å². The molecule has 0 spiro atoms. The Bertz CT molecular complexity index is 155. The van der Waals surface area contributed by atoms with Crippen LogP contribution in [0.15, 0.2) is 0 Å². The number of likely N-dealkylation sites (N-methyl/N-ethyl adjacent to an activating group) is 1. The fourth-order valence-corrected chi connectivity index (χ4v) is 2.30. The van der Waals surface area contributed by atoms with Crippen molar-refractivity contribution in [3.8, 4) is 0 Å². The summed E-state index contributed by atoms with van der Waals surface area (Å²) in [4.78, 5) is 2.24. The maximum absolute atomic E-state index is 10.2. The molecule has 3 N–H and O–H groups in total. The molecule has 14 heavy (non-hydrogen) atoms. The maximum atomic E-state index is 10.2. The van der Waals surface area contributed by atoms with Crippen LogP contribution in [0.3, 0.4) is 0 Å². The Morgan fingerprint density at radius 3 is 2.50 bits per heavy atom. The lowest BCUT2D eigenvalue weighted by molar-refractivity contribution is 0.0161. The fourth-order valence-electron chi connectivity index (χ4n) is 2.30. The van der Waals surface area contributed by atoms with Gasteiger partial charge in [0.05, 0.1) is 5.60 Å². The third-order valence-electron chi connectivity index (χ3n) is 3.09. The van der Waals surface area contributed by atoms with Crippen LogP contribution in [0.5, 0.6) is 0 Å². The number of aliphatic hydroxyl groups is 1. The van der Waals surface area contributed by atoms with E-state index in [9.17, 15) is 5.11 Å². The highest BCUT2D eigenvalue weighted by molar-refractivity contribution is 4.86. The standard InChI is InChI=1S/C11H24N2O/c1-13(9-5-4-8-12)10-11(14)6-2-3-7-11/h14H,2-10,12H2,1H3. The molecule has 3 nitrogen and oxygen atoms in total. The second-order valence-electron chi connectivity index (χ2n) is 4.67. The second kappa shape index (κ2) is 5.69. The molecule has 0 amide bonds. The second-order valence-corrected chi connectivity index (χ2v) is 4.67. The van der Waals surface area contributed by atoms with Gasteiger partial charge in [0, 0.05) is 6.54 Å². The minimum atomic E-state index is -0.391. The third-order valence-corrected chi connectivity index (χ3v) is 3.09. The SMILES string of the molecule is CN(CCCCN)CC1(O)CCCC1. The quantitative estimate of drug-likeness (QED) is 0.628. The van der Waals surface area contributed by atoms with E-state index in [1.54, 1.807) is 0 Å². The minimum absolute atomic E-state index is 0.391. The lowest BCUT2D eigenvalue weighted by Crippen LogP contribution is -2.39. The summed E-state index contributed by atoms with van der Waals surface area (Å²) in [6.45, 7) is 2.66. The lowest BCUT2D eigenvalue weighted by atomic mass is 10.0. The van der Waals surface area contributed by atoms with Crippen molar-refractivity contribution < 1.29 is 5.11 Å². The lowest BCUT2D eigenvalue weighted by Gasteiger charge is -2.28. The number of hydrogen-bond acceptors (Lipinski definition) is 3. The summed E-state index contributed by atoms with van der Waals surface area (Å²) in [6, 6.07) is 0. The van der Waals surface area contributed by atoms with E-state index >= 15 is 0 Å². The van der Waals surface area contributed by atoms with E-state index in [4.69, 9.17) is 5.73 Å². The zero-order chi connectivity index (χ0) is 10.4. The molecule has 0 bridgehead atoms. The van der Waals surface area contributed by atoms with Crippen LogP contribution in [-0.2, 0) is 0 Å². The summed E-state index contributed by atoms with van der Waals surface area (Å²) in [5, 5.41) is 10.2. The number of nitrogens with zero attached hydrogens (tertiary/aromatic N) is 1. The average Bonchev–Trinajstić information content (AvgIpc) is 2.52. The van der Waals surface area contributed by atoms with Crippen molar-refractivity contribution in [2.24, 2.45) is 5.73 Å². The molecule has 3 heteroatoms. The minimum Gasteiger partial charge on any atom is -0.389 e. The highest BCUT2D eigenvalue weighted by atomic mass is 16.3. The fraction of sp³-hybridized carbons (Fsp3) is 1.00. The Balaban J connectivity index is 2.15. The van der Waals surface area contributed by atoms with Crippen molar-refractivity contribution in [2.75, 3.05) is 26.7 Å². The van der Waals surface area contributed by atoms with Gasteiger partial charge in [-0.1, -0.05) is 12.8 Å². The van der Waals surface area contributed by atoms with Gasteiger partial charge in [0.2, 0.25) is 0 Å². The van der Waals surface area contributed by atoms with Crippen LogP contribution in [0.2, 0.25) is 0 Å². The van der Waals surface area contributed by atoms with Crippen LogP contribution < -0.4 is 5.73 Å². The summed E-state index contributed by atoms with van der Waals surface area (Å²) < 4.78 is 0. The molecule has 84 valence electrons. The highest BCUT2D eigenvalue weighted by Gasteiger charge is 2.31. The molecular weight excluding hydrogens is 176 g/mol. The van der Waals surface area contributed by atoms with Crippen LogP contribution in [0.25, 0.3) is 0 Å². The molecule has 1 aliphatic carbocycles.